The van der Waals surface area contributed by atoms with Crippen molar-refractivity contribution < 1.29 is 46.2 Å². The van der Waals surface area contributed by atoms with Gasteiger partial charge in [-0.15, -0.1) is 0 Å². The van der Waals surface area contributed by atoms with E-state index in [0.29, 0.717) is 34.5 Å². The van der Waals surface area contributed by atoms with Crippen LogP contribution in [0.3, 0.4) is 0 Å². The highest BCUT2D eigenvalue weighted by atomic mass is 35.5. The Morgan fingerprint density at radius 3 is 1.53 bits per heavy atom. The van der Waals surface area contributed by atoms with Crippen LogP contribution in [-0.4, -0.2) is 83.4 Å². The molecule has 8 fully saturated rings. The lowest BCUT2D eigenvalue weighted by molar-refractivity contribution is -0.399. The van der Waals surface area contributed by atoms with Crippen molar-refractivity contribution in [1.82, 2.24) is 4.23 Å². The summed E-state index contributed by atoms with van der Waals surface area (Å²) in [6.45, 7) is 30.9. The van der Waals surface area contributed by atoms with E-state index in [1.54, 1.807) is 0 Å². The number of quaternary nitrogens is 1. The summed E-state index contributed by atoms with van der Waals surface area (Å²) in [6, 6.07) is 17.0. The number of fused-ring (bicyclic) bond motifs is 2. The summed E-state index contributed by atoms with van der Waals surface area (Å²) >= 11 is 0. The van der Waals surface area contributed by atoms with Crippen LogP contribution in [0.2, 0.25) is 39.3 Å². The predicted molar refractivity (Wildman–Crippen MR) is 238 cm³/mol. The number of hydrogen-bond acceptors (Lipinski definition) is 7. The second kappa shape index (κ2) is 15.1. The molecule has 3 N–H and O–H groups in total. The minimum absolute atomic E-state index is 0. The molecule has 0 spiro atoms. The predicted octanol–water partition coefficient (Wildman–Crippen LogP) is 5.60. The van der Waals surface area contributed by atoms with Gasteiger partial charge in [-0.2, -0.15) is 0 Å². The van der Waals surface area contributed by atoms with Crippen molar-refractivity contribution in [3.05, 3.63) is 59.7 Å². The smallest absolute Gasteiger partial charge is 0.521 e. The Balaban J connectivity index is 0.000000167. The largest absolute Gasteiger partial charge is 1.00 e. The first kappa shape index (κ1) is 44.3. The van der Waals surface area contributed by atoms with E-state index < -0.39 is 16.5 Å². The van der Waals surface area contributed by atoms with Gasteiger partial charge in [-0.1, -0.05) is 103 Å². The summed E-state index contributed by atoms with van der Waals surface area (Å²) in [5, 5.41) is 0. The number of hydrogen-bond donors (Lipinski definition) is 1. The fraction of sp³-hybridized carbons (Fsp3) is 0.739. The van der Waals surface area contributed by atoms with Crippen LogP contribution in [0, 0.1) is 34.5 Å². The zero-order chi connectivity index (χ0) is 41.4. The molecule has 0 aromatic heterocycles. The monoisotopic (exact) mass is 862 g/mol. The summed E-state index contributed by atoms with van der Waals surface area (Å²) < 4.78 is 41.9. The molecule has 12 atom stereocenters. The molecular weight excluding hydrogens is 790 g/mol. The van der Waals surface area contributed by atoms with Crippen molar-refractivity contribution in [3.63, 3.8) is 0 Å². The van der Waals surface area contributed by atoms with Crippen LogP contribution in [0.15, 0.2) is 48.5 Å². The van der Waals surface area contributed by atoms with Crippen molar-refractivity contribution >= 4 is 30.7 Å². The third kappa shape index (κ3) is 7.26. The van der Waals surface area contributed by atoms with Gasteiger partial charge >= 0.3 is 14.2 Å². The fourth-order valence-corrected chi connectivity index (χ4v) is 24.6. The van der Waals surface area contributed by atoms with Gasteiger partial charge in [0, 0.05) is 35.3 Å². The molecule has 4 bridgehead atoms. The molecule has 59 heavy (non-hydrogen) atoms. The number of ether oxygens (including phenoxy) is 2. The first-order valence-electron chi connectivity index (χ1n) is 22.8. The van der Waals surface area contributed by atoms with E-state index in [2.05, 4.69) is 133 Å². The average Bonchev–Trinajstić information content (AvgIpc) is 3.92. The van der Waals surface area contributed by atoms with Crippen LogP contribution in [-0.2, 0) is 18.6 Å². The van der Waals surface area contributed by atoms with Crippen molar-refractivity contribution in [2.24, 2.45) is 34.5 Å². The number of benzene rings is 2. The van der Waals surface area contributed by atoms with Gasteiger partial charge < -0.3 is 50.5 Å². The van der Waals surface area contributed by atoms with Gasteiger partial charge in [0.1, 0.15) is 33.9 Å². The third-order valence-corrected chi connectivity index (χ3v) is 24.7. The molecule has 2 aromatic carbocycles. The highest BCUT2D eigenvalue weighted by molar-refractivity contribution is 6.90. The van der Waals surface area contributed by atoms with Crippen molar-refractivity contribution in [2.45, 2.75) is 166 Å². The molecule has 0 amide bonds. The minimum Gasteiger partial charge on any atom is -1.00 e. The SMILES string of the molecule is CC1(C)[C@@H]2C[C@H]3OB([C@H](CC4COc5ccccc54)N([Si](C)(C)C)[Si](C)(C)C)O[C@@]3(C)[C@H]1C2.CC1(C)[C@@H]2C[C@H]3OB([C@H]([NH3+])CC4COc5ccccc54)O[C@@]3(C)[C@H]1C2.[Cl-]. The maximum Gasteiger partial charge on any atom is 0.521 e. The quantitative estimate of drug-likeness (QED) is 0.329. The van der Waals surface area contributed by atoms with Crippen LogP contribution < -0.4 is 27.6 Å². The normalized spacial score (nSPS) is 37.5. The van der Waals surface area contributed by atoms with Gasteiger partial charge in [-0.3, -0.25) is 0 Å². The van der Waals surface area contributed by atoms with Gasteiger partial charge in [0.05, 0.1) is 36.6 Å². The summed E-state index contributed by atoms with van der Waals surface area (Å²) in [5.74, 6) is 6.05. The topological polar surface area (TPSA) is 86.3 Å². The summed E-state index contributed by atoms with van der Waals surface area (Å²) in [6.07, 6.45) is 7.35. The molecule has 2 aromatic rings. The highest BCUT2D eigenvalue weighted by Gasteiger charge is 2.70. The van der Waals surface area contributed by atoms with E-state index in [-0.39, 0.29) is 61.9 Å². The first-order valence-corrected chi connectivity index (χ1v) is 29.7. The Morgan fingerprint density at radius 2 is 1.07 bits per heavy atom. The van der Waals surface area contributed by atoms with Gasteiger partial charge in [-0.05, 0) is 92.6 Å². The van der Waals surface area contributed by atoms with E-state index in [0.717, 1.165) is 62.2 Å². The lowest BCUT2D eigenvalue weighted by Gasteiger charge is -2.64. The van der Waals surface area contributed by atoms with Crippen molar-refractivity contribution in [1.29, 1.82) is 0 Å². The second-order valence-electron chi connectivity index (χ2n) is 23.3. The lowest BCUT2D eigenvalue weighted by atomic mass is 9.43. The number of halogens is 1. The molecule has 6 aliphatic carbocycles. The Hall–Kier alpha value is -1.35. The van der Waals surface area contributed by atoms with E-state index >= 15 is 0 Å². The molecule has 4 aliphatic heterocycles. The van der Waals surface area contributed by atoms with Gasteiger partial charge in [0.15, 0.2) is 0 Å². The van der Waals surface area contributed by atoms with Crippen molar-refractivity contribution in [3.8, 4) is 11.5 Å². The van der Waals surface area contributed by atoms with E-state index in [1.807, 2.05) is 6.07 Å². The lowest BCUT2D eigenvalue weighted by Crippen LogP contribution is -3.00. The molecule has 13 heteroatoms. The molecule has 6 saturated carbocycles. The van der Waals surface area contributed by atoms with Crippen LogP contribution in [0.1, 0.15) is 103 Å². The summed E-state index contributed by atoms with van der Waals surface area (Å²) in [4.78, 5) is 0. The summed E-state index contributed by atoms with van der Waals surface area (Å²) in [5.41, 5.74) is 7.55. The molecule has 12 rings (SSSR count). The van der Waals surface area contributed by atoms with Crippen LogP contribution in [0.5, 0.6) is 11.5 Å². The summed E-state index contributed by atoms with van der Waals surface area (Å²) in [7, 11) is -3.59. The number of rotatable bonds is 9. The zero-order valence-corrected chi connectivity index (χ0v) is 40.9. The molecular formula is C46H73B2ClN2O6Si2. The Bertz CT molecular complexity index is 1870. The second-order valence-corrected chi connectivity index (χ2v) is 33.4. The van der Waals surface area contributed by atoms with Crippen LogP contribution >= 0.6 is 0 Å². The molecule has 2 unspecified atom stereocenters. The standard InChI is InChI=1S/C26H44BNO3Si2.C20H28BNO3.ClH/c1-25(2)19-15-22(25)26(3)23(16-19)30-27(31-26)24(28(32(4,5)6)33(7,8)9)14-18-17-29-21-13-11-10-12-20(18)21;1-19(2)13-9-16(19)20(3)17(10-13)24-21(25-20)18(22)8-12-11-23-15-7-5-4-6-14(12)15;/h10-13,18-19,22-24H,14-17H2,1-9H3;4-7,12-13,16-18H,8-11,22H2,1-3H3;1H/t18?,19-,22-,23+,24-,26-;12?,13-,16-,17+,18+,20-;/m00./s1. The average molecular weight is 863 g/mol. The fourth-order valence-electron chi connectivity index (χ4n) is 14.1. The maximum absolute atomic E-state index is 7.11. The highest BCUT2D eigenvalue weighted by Crippen LogP contribution is 2.67. The molecule has 4 heterocycles. The first-order chi connectivity index (χ1) is 27.1. The maximum atomic E-state index is 7.11. The molecule has 2 saturated heterocycles. The Kier molecular flexibility index (Phi) is 11.4. The molecule has 10 aliphatic rings. The van der Waals surface area contributed by atoms with Crippen molar-refractivity contribution in [2.75, 3.05) is 13.2 Å². The molecule has 8 nitrogen and oxygen atoms in total. The molecule has 0 radical (unpaired) electrons. The third-order valence-electron chi connectivity index (χ3n) is 17.1. The van der Waals surface area contributed by atoms with E-state index in [4.69, 9.17) is 28.1 Å². The van der Waals surface area contributed by atoms with Gasteiger partial charge in [0.2, 0.25) is 0 Å². The van der Waals surface area contributed by atoms with E-state index in [9.17, 15) is 0 Å². The zero-order valence-electron chi connectivity index (χ0n) is 38.2. The molecule has 324 valence electrons. The van der Waals surface area contributed by atoms with Crippen LogP contribution in [0.4, 0.5) is 0 Å². The van der Waals surface area contributed by atoms with Gasteiger partial charge in [-0.25, -0.2) is 0 Å². The Labute approximate surface area is 364 Å². The number of para-hydroxylation sites is 2. The van der Waals surface area contributed by atoms with E-state index in [1.165, 1.54) is 24.0 Å². The minimum atomic E-state index is -1.63. The Morgan fingerprint density at radius 1 is 0.644 bits per heavy atom. The number of nitrogens with zero attached hydrogens (tertiary/aromatic N) is 1. The van der Waals surface area contributed by atoms with Gasteiger partial charge in [0.25, 0.3) is 0 Å². The van der Waals surface area contributed by atoms with Crippen LogP contribution in [0.25, 0.3) is 0 Å².